The van der Waals surface area contributed by atoms with Crippen LogP contribution < -0.4 is 10.6 Å². The first-order valence-corrected chi connectivity index (χ1v) is 12.2. The lowest BCUT2D eigenvalue weighted by Crippen LogP contribution is -2.47. The molecular weight excluding hydrogens is 432 g/mol. The quantitative estimate of drug-likeness (QED) is 0.395. The molecule has 2 amide bonds. The fourth-order valence-corrected chi connectivity index (χ4v) is 5.17. The van der Waals surface area contributed by atoms with E-state index in [0.717, 1.165) is 36.8 Å². The average molecular weight is 465 g/mol. The van der Waals surface area contributed by atoms with E-state index >= 15 is 0 Å². The number of hydrogen-bond donors (Lipinski definition) is 3. The number of rotatable bonds is 8. The number of carboxylic acid groups (broad SMARTS) is 1. The van der Waals surface area contributed by atoms with Crippen molar-refractivity contribution in [1.29, 1.82) is 0 Å². The third-order valence-corrected chi connectivity index (χ3v) is 6.87. The molecule has 0 radical (unpaired) electrons. The summed E-state index contributed by atoms with van der Waals surface area (Å²) in [7, 11) is 0. The molecule has 0 bridgehead atoms. The lowest BCUT2D eigenvalue weighted by molar-refractivity contribution is -0.137. The normalized spacial score (nSPS) is 19.4. The van der Waals surface area contributed by atoms with Gasteiger partial charge in [0.25, 0.3) is 0 Å². The van der Waals surface area contributed by atoms with E-state index in [9.17, 15) is 14.4 Å². The second-order valence-corrected chi connectivity index (χ2v) is 9.11. The Balaban J connectivity index is 1.36. The Labute approximate surface area is 199 Å². The van der Waals surface area contributed by atoms with Crippen molar-refractivity contribution in [3.8, 4) is 11.1 Å². The van der Waals surface area contributed by atoms with Crippen molar-refractivity contribution in [2.75, 3.05) is 13.2 Å². The first kappa shape index (κ1) is 23.8. The molecule has 2 aromatic rings. The molecule has 0 saturated heterocycles. The van der Waals surface area contributed by atoms with E-state index in [1.54, 1.807) is 0 Å². The average Bonchev–Trinajstić information content (AvgIpc) is 2.96. The van der Waals surface area contributed by atoms with Gasteiger partial charge in [-0.15, -0.1) is 0 Å². The van der Waals surface area contributed by atoms with Crippen molar-refractivity contribution in [3.05, 3.63) is 59.7 Å². The van der Waals surface area contributed by atoms with Gasteiger partial charge >= 0.3 is 12.1 Å². The van der Waals surface area contributed by atoms with Crippen LogP contribution in [-0.2, 0) is 14.3 Å². The first-order chi connectivity index (χ1) is 16.5. The molecule has 2 aliphatic rings. The Morgan fingerprint density at radius 1 is 0.912 bits per heavy atom. The van der Waals surface area contributed by atoms with Crippen LogP contribution in [0.4, 0.5) is 4.79 Å². The van der Waals surface area contributed by atoms with Crippen LogP contribution in [0.3, 0.4) is 0 Å². The third-order valence-electron chi connectivity index (χ3n) is 6.87. The maximum atomic E-state index is 12.8. The van der Waals surface area contributed by atoms with Gasteiger partial charge < -0.3 is 20.5 Å². The van der Waals surface area contributed by atoms with Crippen molar-refractivity contribution in [2.24, 2.45) is 5.92 Å². The third kappa shape index (κ3) is 5.58. The van der Waals surface area contributed by atoms with Crippen LogP contribution in [0.5, 0.6) is 0 Å². The van der Waals surface area contributed by atoms with E-state index in [1.807, 2.05) is 24.3 Å². The highest BCUT2D eigenvalue weighted by atomic mass is 16.5. The summed E-state index contributed by atoms with van der Waals surface area (Å²) in [6.45, 7) is 0.554. The highest BCUT2D eigenvalue weighted by Crippen LogP contribution is 2.44. The lowest BCUT2D eigenvalue weighted by atomic mass is 9.94. The Hall–Kier alpha value is -3.35. The number of hydrogen-bond acceptors (Lipinski definition) is 4. The summed E-state index contributed by atoms with van der Waals surface area (Å²) < 4.78 is 5.69. The molecule has 7 nitrogen and oxygen atoms in total. The van der Waals surface area contributed by atoms with Crippen LogP contribution in [0.1, 0.15) is 62.0 Å². The summed E-state index contributed by atoms with van der Waals surface area (Å²) in [4.78, 5) is 36.2. The monoisotopic (exact) mass is 464 g/mol. The largest absolute Gasteiger partial charge is 0.481 e. The summed E-state index contributed by atoms with van der Waals surface area (Å²) in [6.07, 6.45) is 4.21. The Kier molecular flexibility index (Phi) is 7.83. The number of alkyl carbamates (subject to hydrolysis) is 1. The van der Waals surface area contributed by atoms with Crippen molar-refractivity contribution in [1.82, 2.24) is 10.6 Å². The van der Waals surface area contributed by atoms with E-state index in [0.29, 0.717) is 19.4 Å². The minimum absolute atomic E-state index is 0.0133. The predicted octanol–water partition coefficient (Wildman–Crippen LogP) is 4.46. The Bertz CT molecular complexity index is 992. The molecule has 1 saturated carbocycles. The number of carbonyl (C=O) groups excluding carboxylic acids is 2. The first-order valence-electron chi connectivity index (χ1n) is 12.2. The van der Waals surface area contributed by atoms with Crippen LogP contribution in [0, 0.1) is 5.92 Å². The van der Waals surface area contributed by atoms with Crippen LogP contribution in [0.15, 0.2) is 48.5 Å². The van der Waals surface area contributed by atoms with Crippen molar-refractivity contribution < 1.29 is 24.2 Å². The summed E-state index contributed by atoms with van der Waals surface area (Å²) in [6, 6.07) is 16.1. The van der Waals surface area contributed by atoms with E-state index in [-0.39, 0.29) is 36.8 Å². The summed E-state index contributed by atoms with van der Waals surface area (Å²) in [5.41, 5.74) is 4.67. The van der Waals surface area contributed by atoms with Gasteiger partial charge in [0.2, 0.25) is 5.91 Å². The van der Waals surface area contributed by atoms with Gasteiger partial charge in [0, 0.05) is 24.9 Å². The molecule has 0 spiro atoms. The standard InChI is InChI=1S/C27H32N2O5/c30-25(31)15-8-16-28-26(32)22-13-2-1-3-14-24(22)29-27(33)34-17-23-20-11-6-4-9-18(20)19-10-5-7-12-21(19)23/h4-7,9-12,22-24H,1-3,8,13-17H2,(H,28,32)(H,29,33)(H,30,31)/t22-,24+/m1/s1. The van der Waals surface area contributed by atoms with Gasteiger partial charge in [-0.2, -0.15) is 0 Å². The molecule has 34 heavy (non-hydrogen) atoms. The van der Waals surface area contributed by atoms with Gasteiger partial charge in [-0.05, 0) is 41.5 Å². The molecule has 0 heterocycles. The summed E-state index contributed by atoms with van der Waals surface area (Å²) in [5, 5.41) is 14.6. The summed E-state index contributed by atoms with van der Waals surface area (Å²) >= 11 is 0. The molecular formula is C27H32N2O5. The number of amides is 2. The zero-order chi connectivity index (χ0) is 23.9. The number of aliphatic carboxylic acids is 1. The highest BCUT2D eigenvalue weighted by molar-refractivity contribution is 5.81. The molecule has 2 aromatic carbocycles. The lowest BCUT2D eigenvalue weighted by Gasteiger charge is -2.25. The van der Waals surface area contributed by atoms with Crippen molar-refractivity contribution >= 4 is 18.0 Å². The van der Waals surface area contributed by atoms with Gasteiger partial charge in [-0.3, -0.25) is 9.59 Å². The SMILES string of the molecule is O=C(O)CCCNC(=O)[C@@H]1CCCCC[C@@H]1NC(=O)OCC1c2ccccc2-c2ccccc21. The van der Waals surface area contributed by atoms with Gasteiger partial charge in [0.05, 0.1) is 5.92 Å². The molecule has 0 aliphatic heterocycles. The second kappa shape index (κ2) is 11.2. The molecule has 1 fully saturated rings. The smallest absolute Gasteiger partial charge is 0.407 e. The Morgan fingerprint density at radius 2 is 1.56 bits per heavy atom. The fourth-order valence-electron chi connectivity index (χ4n) is 5.17. The van der Waals surface area contributed by atoms with Gasteiger partial charge in [-0.1, -0.05) is 67.8 Å². The fraction of sp³-hybridized carbons (Fsp3) is 0.444. The molecule has 4 rings (SSSR count). The molecule has 3 N–H and O–H groups in total. The summed E-state index contributed by atoms with van der Waals surface area (Å²) in [5.74, 6) is -1.36. The predicted molar refractivity (Wildman–Crippen MR) is 128 cm³/mol. The van der Waals surface area contributed by atoms with Crippen LogP contribution in [-0.4, -0.2) is 42.3 Å². The zero-order valence-corrected chi connectivity index (χ0v) is 19.3. The number of carboxylic acids is 1. The van der Waals surface area contributed by atoms with Crippen LogP contribution in [0.25, 0.3) is 11.1 Å². The van der Waals surface area contributed by atoms with Crippen molar-refractivity contribution in [2.45, 2.75) is 56.9 Å². The van der Waals surface area contributed by atoms with E-state index in [4.69, 9.17) is 9.84 Å². The molecule has 2 aliphatic carbocycles. The topological polar surface area (TPSA) is 105 Å². The van der Waals surface area contributed by atoms with Gasteiger partial charge in [0.1, 0.15) is 6.61 Å². The van der Waals surface area contributed by atoms with E-state index in [2.05, 4.69) is 34.9 Å². The van der Waals surface area contributed by atoms with Crippen LogP contribution >= 0.6 is 0 Å². The molecule has 180 valence electrons. The molecule has 0 aromatic heterocycles. The highest BCUT2D eigenvalue weighted by Gasteiger charge is 2.32. The van der Waals surface area contributed by atoms with Crippen molar-refractivity contribution in [3.63, 3.8) is 0 Å². The molecule has 7 heteroatoms. The number of ether oxygens (including phenoxy) is 1. The number of fused-ring (bicyclic) bond motifs is 3. The van der Waals surface area contributed by atoms with Gasteiger partial charge in [0.15, 0.2) is 0 Å². The number of nitrogens with one attached hydrogen (secondary N) is 2. The minimum Gasteiger partial charge on any atom is -0.481 e. The van der Waals surface area contributed by atoms with Gasteiger partial charge in [-0.25, -0.2) is 4.79 Å². The number of carbonyl (C=O) groups is 3. The molecule has 2 atom stereocenters. The van der Waals surface area contributed by atoms with E-state index < -0.39 is 12.1 Å². The zero-order valence-electron chi connectivity index (χ0n) is 19.3. The number of benzene rings is 2. The second-order valence-electron chi connectivity index (χ2n) is 9.11. The maximum Gasteiger partial charge on any atom is 0.407 e. The Morgan fingerprint density at radius 3 is 2.24 bits per heavy atom. The van der Waals surface area contributed by atoms with Crippen LogP contribution in [0.2, 0.25) is 0 Å². The maximum absolute atomic E-state index is 12.8. The molecule has 0 unspecified atom stereocenters. The minimum atomic E-state index is -0.876. The van der Waals surface area contributed by atoms with E-state index in [1.165, 1.54) is 11.1 Å².